The van der Waals surface area contributed by atoms with Gasteiger partial charge in [0, 0.05) is 39.0 Å². The van der Waals surface area contributed by atoms with E-state index in [0.29, 0.717) is 5.92 Å². The van der Waals surface area contributed by atoms with Gasteiger partial charge in [-0.2, -0.15) is 0 Å². The lowest BCUT2D eigenvalue weighted by atomic mass is 10.2. The van der Waals surface area contributed by atoms with E-state index in [1.54, 1.807) is 0 Å². The Morgan fingerprint density at radius 3 is 3.05 bits per heavy atom. The van der Waals surface area contributed by atoms with Crippen LogP contribution in [-0.4, -0.2) is 59.3 Å². The van der Waals surface area contributed by atoms with Crippen LogP contribution in [-0.2, 0) is 17.8 Å². The van der Waals surface area contributed by atoms with Crippen molar-refractivity contribution in [3.05, 3.63) is 11.9 Å². The SMILES string of the molecule is CC(C)CNCc1cn(CCN2CCCOCC2)nn1. The Bertz CT molecular complexity index is 371. The molecule has 20 heavy (non-hydrogen) atoms. The second-order valence-corrected chi connectivity index (χ2v) is 5.81. The zero-order valence-electron chi connectivity index (χ0n) is 12.7. The van der Waals surface area contributed by atoms with Gasteiger partial charge in [0.1, 0.15) is 0 Å². The molecule has 1 N–H and O–H groups in total. The largest absolute Gasteiger partial charge is 0.380 e. The average Bonchev–Trinajstić information content (AvgIpc) is 2.71. The van der Waals surface area contributed by atoms with E-state index in [1.165, 1.54) is 0 Å². The van der Waals surface area contributed by atoms with Gasteiger partial charge in [-0.15, -0.1) is 5.10 Å². The Morgan fingerprint density at radius 1 is 1.30 bits per heavy atom. The molecule has 0 aromatic carbocycles. The van der Waals surface area contributed by atoms with Crippen molar-refractivity contribution >= 4 is 0 Å². The van der Waals surface area contributed by atoms with E-state index in [-0.39, 0.29) is 0 Å². The Kier molecular flexibility index (Phi) is 6.42. The van der Waals surface area contributed by atoms with Crippen LogP contribution in [0.25, 0.3) is 0 Å². The summed E-state index contributed by atoms with van der Waals surface area (Å²) in [6, 6.07) is 0. The summed E-state index contributed by atoms with van der Waals surface area (Å²) in [5.41, 5.74) is 1.02. The van der Waals surface area contributed by atoms with Gasteiger partial charge < -0.3 is 10.1 Å². The summed E-state index contributed by atoms with van der Waals surface area (Å²) in [7, 11) is 0. The number of ether oxygens (including phenoxy) is 1. The van der Waals surface area contributed by atoms with Gasteiger partial charge in [-0.1, -0.05) is 19.1 Å². The third-order valence-corrected chi connectivity index (χ3v) is 3.40. The standard InChI is InChI=1S/C14H27N5O/c1-13(2)10-15-11-14-12-19(17-16-14)6-5-18-4-3-8-20-9-7-18/h12-13,15H,3-11H2,1-2H3. The van der Waals surface area contributed by atoms with Crippen molar-refractivity contribution in [1.29, 1.82) is 0 Å². The van der Waals surface area contributed by atoms with Crippen LogP contribution in [0.2, 0.25) is 0 Å². The molecule has 1 fully saturated rings. The summed E-state index contributed by atoms with van der Waals surface area (Å²) >= 11 is 0. The Balaban J connectivity index is 1.69. The van der Waals surface area contributed by atoms with E-state index in [4.69, 9.17) is 4.74 Å². The Hall–Kier alpha value is -0.980. The molecular formula is C14H27N5O. The van der Waals surface area contributed by atoms with Crippen LogP contribution >= 0.6 is 0 Å². The van der Waals surface area contributed by atoms with Crippen molar-refractivity contribution in [2.24, 2.45) is 5.92 Å². The number of nitrogens with one attached hydrogen (secondary N) is 1. The summed E-state index contributed by atoms with van der Waals surface area (Å²) < 4.78 is 7.40. The second-order valence-electron chi connectivity index (χ2n) is 5.81. The minimum Gasteiger partial charge on any atom is -0.380 e. The quantitative estimate of drug-likeness (QED) is 0.799. The van der Waals surface area contributed by atoms with Gasteiger partial charge in [-0.25, -0.2) is 0 Å². The highest BCUT2D eigenvalue weighted by molar-refractivity contribution is 4.91. The van der Waals surface area contributed by atoms with E-state index in [2.05, 4.69) is 34.4 Å². The molecule has 0 aliphatic carbocycles. The first kappa shape index (κ1) is 15.4. The summed E-state index contributed by atoms with van der Waals surface area (Å²) in [6.07, 6.45) is 3.17. The highest BCUT2D eigenvalue weighted by Gasteiger charge is 2.09. The van der Waals surface area contributed by atoms with Crippen LogP contribution in [0.3, 0.4) is 0 Å². The molecule has 1 aliphatic heterocycles. The minimum atomic E-state index is 0.662. The molecule has 2 rings (SSSR count). The maximum absolute atomic E-state index is 5.46. The van der Waals surface area contributed by atoms with Crippen LogP contribution in [0.5, 0.6) is 0 Å². The number of hydrogen-bond donors (Lipinski definition) is 1. The van der Waals surface area contributed by atoms with Crippen molar-refractivity contribution in [2.45, 2.75) is 33.4 Å². The predicted molar refractivity (Wildman–Crippen MR) is 78.4 cm³/mol. The molecule has 1 aromatic rings. The van der Waals surface area contributed by atoms with Gasteiger partial charge >= 0.3 is 0 Å². The number of rotatable bonds is 7. The molecule has 0 saturated carbocycles. The van der Waals surface area contributed by atoms with Crippen molar-refractivity contribution < 1.29 is 4.74 Å². The maximum atomic E-state index is 5.46. The lowest BCUT2D eigenvalue weighted by Crippen LogP contribution is -2.30. The average molecular weight is 281 g/mol. The zero-order chi connectivity index (χ0) is 14.2. The number of nitrogens with zero attached hydrogens (tertiary/aromatic N) is 4. The van der Waals surface area contributed by atoms with E-state index in [0.717, 1.165) is 64.6 Å². The molecular weight excluding hydrogens is 254 g/mol. The molecule has 0 radical (unpaired) electrons. The van der Waals surface area contributed by atoms with E-state index >= 15 is 0 Å². The van der Waals surface area contributed by atoms with Crippen LogP contribution in [0.1, 0.15) is 26.0 Å². The van der Waals surface area contributed by atoms with Crippen molar-refractivity contribution in [2.75, 3.05) is 39.4 Å². The van der Waals surface area contributed by atoms with E-state index < -0.39 is 0 Å². The van der Waals surface area contributed by atoms with Crippen LogP contribution in [0, 0.1) is 5.92 Å². The molecule has 1 aromatic heterocycles. The molecule has 0 unspecified atom stereocenters. The molecule has 1 saturated heterocycles. The molecule has 0 amide bonds. The Labute approximate surface area is 121 Å². The van der Waals surface area contributed by atoms with Gasteiger partial charge in [0.15, 0.2) is 0 Å². The molecule has 0 spiro atoms. The minimum absolute atomic E-state index is 0.662. The van der Waals surface area contributed by atoms with Crippen LogP contribution in [0.4, 0.5) is 0 Å². The number of hydrogen-bond acceptors (Lipinski definition) is 5. The lowest BCUT2D eigenvalue weighted by molar-refractivity contribution is 0.140. The topological polar surface area (TPSA) is 55.2 Å². The van der Waals surface area contributed by atoms with Gasteiger partial charge in [0.25, 0.3) is 0 Å². The summed E-state index contributed by atoms with van der Waals surface area (Å²) in [6.45, 7) is 12.0. The van der Waals surface area contributed by atoms with Crippen LogP contribution in [0.15, 0.2) is 6.20 Å². The fourth-order valence-electron chi connectivity index (χ4n) is 2.28. The normalized spacial score (nSPS) is 17.6. The van der Waals surface area contributed by atoms with Crippen molar-refractivity contribution in [1.82, 2.24) is 25.2 Å². The molecule has 0 bridgehead atoms. The zero-order valence-corrected chi connectivity index (χ0v) is 12.7. The fourth-order valence-corrected chi connectivity index (χ4v) is 2.28. The third kappa shape index (κ3) is 5.56. The van der Waals surface area contributed by atoms with Gasteiger partial charge in [0.05, 0.1) is 18.8 Å². The molecule has 6 nitrogen and oxygen atoms in total. The van der Waals surface area contributed by atoms with Crippen molar-refractivity contribution in [3.8, 4) is 0 Å². The Morgan fingerprint density at radius 2 is 2.20 bits per heavy atom. The molecule has 1 aliphatic rings. The summed E-state index contributed by atoms with van der Waals surface area (Å²) in [5, 5.41) is 11.8. The van der Waals surface area contributed by atoms with Gasteiger partial charge in [-0.05, 0) is 18.9 Å². The molecule has 2 heterocycles. The summed E-state index contributed by atoms with van der Waals surface area (Å²) in [4.78, 5) is 2.44. The fraction of sp³-hybridized carbons (Fsp3) is 0.857. The maximum Gasteiger partial charge on any atom is 0.0964 e. The summed E-state index contributed by atoms with van der Waals surface area (Å²) in [5.74, 6) is 0.662. The molecule has 6 heteroatoms. The van der Waals surface area contributed by atoms with E-state index in [1.807, 2.05) is 10.9 Å². The first-order chi connectivity index (χ1) is 9.74. The highest BCUT2D eigenvalue weighted by atomic mass is 16.5. The number of aromatic nitrogens is 3. The molecule has 114 valence electrons. The molecule has 0 atom stereocenters. The first-order valence-electron chi connectivity index (χ1n) is 7.64. The third-order valence-electron chi connectivity index (χ3n) is 3.40. The predicted octanol–water partition coefficient (Wildman–Crippen LogP) is 0.746. The van der Waals surface area contributed by atoms with E-state index in [9.17, 15) is 0 Å². The van der Waals surface area contributed by atoms with Crippen LogP contribution < -0.4 is 5.32 Å². The van der Waals surface area contributed by atoms with Gasteiger partial charge in [0.2, 0.25) is 0 Å². The highest BCUT2D eigenvalue weighted by Crippen LogP contribution is 2.00. The second kappa shape index (κ2) is 8.34. The monoisotopic (exact) mass is 281 g/mol. The smallest absolute Gasteiger partial charge is 0.0964 e. The first-order valence-corrected chi connectivity index (χ1v) is 7.64. The van der Waals surface area contributed by atoms with Crippen molar-refractivity contribution in [3.63, 3.8) is 0 Å². The van der Waals surface area contributed by atoms with Gasteiger partial charge in [-0.3, -0.25) is 9.58 Å². The lowest BCUT2D eigenvalue weighted by Gasteiger charge is -2.18.